The van der Waals surface area contributed by atoms with Gasteiger partial charge in [0.15, 0.2) is 0 Å². The minimum absolute atomic E-state index is 0.147. The van der Waals surface area contributed by atoms with Gasteiger partial charge in [0.1, 0.15) is 11.8 Å². The molecular weight excluding hydrogens is 394 g/mol. The molecule has 1 N–H and O–H groups in total. The summed E-state index contributed by atoms with van der Waals surface area (Å²) in [5.74, 6) is -0.275. The molecule has 1 aliphatic rings. The van der Waals surface area contributed by atoms with Crippen LogP contribution in [0, 0.1) is 0 Å². The minimum Gasteiger partial charge on any atom is -0.497 e. The lowest BCUT2D eigenvalue weighted by Crippen LogP contribution is -2.42. The third kappa shape index (κ3) is 4.35. The molecule has 1 aliphatic heterocycles. The molecule has 0 radical (unpaired) electrons. The second-order valence-corrected chi connectivity index (χ2v) is 7.37. The van der Waals surface area contributed by atoms with E-state index in [-0.39, 0.29) is 18.4 Å². The predicted octanol–water partition coefficient (Wildman–Crippen LogP) is 3.92. The summed E-state index contributed by atoms with van der Waals surface area (Å²) in [6, 6.07) is 11.8. The molecule has 1 saturated heterocycles. The molecule has 4 amide bonds. The van der Waals surface area contributed by atoms with Crippen LogP contribution in [0.2, 0.25) is 5.02 Å². The molecule has 0 spiro atoms. The van der Waals surface area contributed by atoms with E-state index >= 15 is 0 Å². The molecule has 3 rings (SSSR count). The maximum Gasteiger partial charge on any atom is 0.332 e. The van der Waals surface area contributed by atoms with Gasteiger partial charge in [0.05, 0.1) is 19.2 Å². The molecule has 8 heteroatoms. The molecule has 0 unspecified atom stereocenters. The van der Waals surface area contributed by atoms with Gasteiger partial charge in [0.2, 0.25) is 5.91 Å². The number of rotatable bonds is 6. The van der Waals surface area contributed by atoms with Gasteiger partial charge in [0, 0.05) is 22.8 Å². The summed E-state index contributed by atoms with van der Waals surface area (Å²) in [7, 11) is 1.51. The number of benzene rings is 2. The molecule has 0 aromatic heterocycles. The molecule has 152 valence electrons. The number of imide groups is 1. The topological polar surface area (TPSA) is 79.0 Å². The van der Waals surface area contributed by atoms with Crippen LogP contribution in [0.3, 0.4) is 0 Å². The van der Waals surface area contributed by atoms with Crippen molar-refractivity contribution in [3.63, 3.8) is 0 Å². The Morgan fingerprint density at radius 3 is 2.48 bits per heavy atom. The Kier molecular flexibility index (Phi) is 6.08. The highest BCUT2D eigenvalue weighted by molar-refractivity contribution is 6.30. The summed E-state index contributed by atoms with van der Waals surface area (Å²) in [5.41, 5.74) is 0.975. The highest BCUT2D eigenvalue weighted by atomic mass is 35.5. The van der Waals surface area contributed by atoms with Crippen LogP contribution < -0.4 is 15.0 Å². The fraction of sp³-hybridized carbons (Fsp3) is 0.286. The number of methoxy groups -OCH3 is 1. The summed E-state index contributed by atoms with van der Waals surface area (Å²) < 4.78 is 5.19. The number of carbonyl (C=O) groups excluding carboxylic acids is 3. The summed E-state index contributed by atoms with van der Waals surface area (Å²) in [4.78, 5) is 41.2. The summed E-state index contributed by atoms with van der Waals surface area (Å²) >= 11 is 5.85. The average Bonchev–Trinajstić information content (AvgIpc) is 2.93. The Hall–Kier alpha value is -3.06. The fourth-order valence-electron chi connectivity index (χ4n) is 3.29. The quantitative estimate of drug-likeness (QED) is 0.725. The highest BCUT2D eigenvalue weighted by Crippen LogP contribution is 2.30. The van der Waals surface area contributed by atoms with E-state index in [2.05, 4.69) is 5.32 Å². The number of hydrogen-bond acceptors (Lipinski definition) is 4. The van der Waals surface area contributed by atoms with Gasteiger partial charge < -0.3 is 15.0 Å². The van der Waals surface area contributed by atoms with Gasteiger partial charge in [-0.1, -0.05) is 17.7 Å². The fourth-order valence-corrected chi connectivity index (χ4v) is 3.41. The monoisotopic (exact) mass is 415 g/mol. The van der Waals surface area contributed by atoms with Crippen LogP contribution in [-0.4, -0.2) is 41.9 Å². The van der Waals surface area contributed by atoms with Crippen LogP contribution >= 0.6 is 11.6 Å². The summed E-state index contributed by atoms with van der Waals surface area (Å²) in [6.07, 6.45) is -0.147. The zero-order valence-electron chi connectivity index (χ0n) is 16.4. The van der Waals surface area contributed by atoms with Crippen LogP contribution in [0.4, 0.5) is 16.2 Å². The molecule has 29 heavy (non-hydrogen) atoms. The van der Waals surface area contributed by atoms with E-state index < -0.39 is 18.0 Å². The Balaban J connectivity index is 1.82. The van der Waals surface area contributed by atoms with Crippen molar-refractivity contribution in [3.05, 3.63) is 53.6 Å². The lowest BCUT2D eigenvalue weighted by Gasteiger charge is -2.25. The first-order valence-corrected chi connectivity index (χ1v) is 9.55. The van der Waals surface area contributed by atoms with Gasteiger partial charge in [-0.15, -0.1) is 0 Å². The van der Waals surface area contributed by atoms with Gasteiger partial charge in [-0.2, -0.15) is 0 Å². The number of nitrogens with zero attached hydrogens (tertiary/aromatic N) is 2. The zero-order chi connectivity index (χ0) is 21.1. The molecule has 7 nitrogen and oxygen atoms in total. The van der Waals surface area contributed by atoms with E-state index in [1.54, 1.807) is 48.5 Å². The first-order chi connectivity index (χ1) is 13.8. The Labute approximate surface area is 174 Å². The molecule has 0 saturated carbocycles. The smallest absolute Gasteiger partial charge is 0.332 e. The van der Waals surface area contributed by atoms with Crippen LogP contribution in [0.5, 0.6) is 5.75 Å². The van der Waals surface area contributed by atoms with Gasteiger partial charge in [-0.05, 0) is 50.2 Å². The molecule has 0 bridgehead atoms. The number of halogens is 1. The van der Waals surface area contributed by atoms with E-state index in [9.17, 15) is 14.4 Å². The van der Waals surface area contributed by atoms with E-state index in [1.165, 1.54) is 12.0 Å². The molecule has 2 aromatic carbocycles. The van der Waals surface area contributed by atoms with Crippen LogP contribution in [0.25, 0.3) is 0 Å². The number of carbonyl (C=O) groups is 3. The van der Waals surface area contributed by atoms with E-state index in [0.717, 1.165) is 4.90 Å². The maximum atomic E-state index is 13.1. The number of anilines is 2. The summed E-state index contributed by atoms with van der Waals surface area (Å²) in [6.45, 7) is 3.62. The number of ether oxygens (including phenoxy) is 1. The number of urea groups is 1. The van der Waals surface area contributed by atoms with Crippen molar-refractivity contribution in [2.45, 2.75) is 32.4 Å². The predicted molar refractivity (Wildman–Crippen MR) is 111 cm³/mol. The van der Waals surface area contributed by atoms with E-state index in [1.807, 2.05) is 13.8 Å². The normalized spacial score (nSPS) is 16.5. The molecule has 1 heterocycles. The zero-order valence-corrected chi connectivity index (χ0v) is 17.1. The third-order valence-corrected chi connectivity index (χ3v) is 4.88. The molecule has 2 aromatic rings. The van der Waals surface area contributed by atoms with Gasteiger partial charge in [-0.25, -0.2) is 9.69 Å². The highest BCUT2D eigenvalue weighted by Gasteiger charge is 2.47. The van der Waals surface area contributed by atoms with Crippen molar-refractivity contribution >= 4 is 40.8 Å². The van der Waals surface area contributed by atoms with Crippen molar-refractivity contribution < 1.29 is 19.1 Å². The van der Waals surface area contributed by atoms with Crippen molar-refractivity contribution in [3.8, 4) is 5.75 Å². The third-order valence-electron chi connectivity index (χ3n) is 4.63. The largest absolute Gasteiger partial charge is 0.497 e. The average molecular weight is 416 g/mol. The van der Waals surface area contributed by atoms with Gasteiger partial charge in [0.25, 0.3) is 5.91 Å². The second kappa shape index (κ2) is 8.53. The number of nitrogens with one attached hydrogen (secondary N) is 1. The van der Waals surface area contributed by atoms with E-state index in [0.29, 0.717) is 22.1 Å². The second-order valence-electron chi connectivity index (χ2n) is 6.93. The SMILES string of the molecule is COc1cccc(N2C(=O)[C@H](CC(=O)Nc3ccc(Cl)cc3)N(C(C)C)C2=O)c1. The number of amides is 4. The van der Waals surface area contributed by atoms with Crippen molar-refractivity contribution in [1.82, 2.24) is 4.90 Å². The maximum absolute atomic E-state index is 13.1. The van der Waals surface area contributed by atoms with Gasteiger partial charge >= 0.3 is 6.03 Å². The molecule has 0 aliphatic carbocycles. The first kappa shape index (κ1) is 20.7. The first-order valence-electron chi connectivity index (χ1n) is 9.17. The lowest BCUT2D eigenvalue weighted by atomic mass is 10.1. The van der Waals surface area contributed by atoms with Gasteiger partial charge in [-0.3, -0.25) is 9.59 Å². The molecular formula is C21H22ClN3O4. The van der Waals surface area contributed by atoms with Crippen LogP contribution in [0.1, 0.15) is 20.3 Å². The standard InChI is InChI=1S/C21H22ClN3O4/c1-13(2)24-18(12-19(26)23-15-9-7-14(22)8-10-15)20(27)25(21(24)28)16-5-4-6-17(11-16)29-3/h4-11,13,18H,12H2,1-3H3,(H,23,26)/t18-/m0/s1. The minimum atomic E-state index is -0.888. The van der Waals surface area contributed by atoms with Crippen molar-refractivity contribution in [2.75, 3.05) is 17.3 Å². The Morgan fingerprint density at radius 2 is 1.86 bits per heavy atom. The van der Waals surface area contributed by atoms with Crippen LogP contribution in [-0.2, 0) is 9.59 Å². The Morgan fingerprint density at radius 1 is 1.17 bits per heavy atom. The molecule has 1 atom stereocenters. The Bertz CT molecular complexity index is 930. The van der Waals surface area contributed by atoms with Crippen LogP contribution in [0.15, 0.2) is 48.5 Å². The summed E-state index contributed by atoms with van der Waals surface area (Å²) in [5, 5.41) is 3.29. The van der Waals surface area contributed by atoms with Crippen molar-refractivity contribution in [2.24, 2.45) is 0 Å². The van der Waals surface area contributed by atoms with E-state index in [4.69, 9.17) is 16.3 Å². The number of hydrogen-bond donors (Lipinski definition) is 1. The molecule has 1 fully saturated rings. The lowest BCUT2D eigenvalue weighted by molar-refractivity contribution is -0.124. The van der Waals surface area contributed by atoms with Crippen molar-refractivity contribution in [1.29, 1.82) is 0 Å².